The Balaban J connectivity index is 1.69. The van der Waals surface area contributed by atoms with Gasteiger partial charge >= 0.3 is 0 Å². The summed E-state index contributed by atoms with van der Waals surface area (Å²) in [7, 11) is -3.23. The molecule has 1 aromatic rings. The number of hydrogen-bond acceptors (Lipinski definition) is 3. The lowest BCUT2D eigenvalue weighted by molar-refractivity contribution is 0.206. The Bertz CT molecular complexity index is 598. The van der Waals surface area contributed by atoms with Crippen LogP contribution in [-0.4, -0.2) is 32.8 Å². The Morgan fingerprint density at radius 1 is 1.24 bits per heavy atom. The second-order valence-corrected chi connectivity index (χ2v) is 8.89. The van der Waals surface area contributed by atoms with E-state index in [1.165, 1.54) is 0 Å². The molecule has 0 amide bonds. The van der Waals surface area contributed by atoms with Gasteiger partial charge < -0.3 is 5.32 Å². The van der Waals surface area contributed by atoms with E-state index in [4.69, 9.17) is 0 Å². The molecule has 4 nitrogen and oxygen atoms in total. The van der Waals surface area contributed by atoms with Gasteiger partial charge in [-0.1, -0.05) is 44.2 Å². The molecule has 1 saturated carbocycles. The summed E-state index contributed by atoms with van der Waals surface area (Å²) in [5, 5.41) is 3.08. The van der Waals surface area contributed by atoms with E-state index in [2.05, 4.69) is 23.9 Å². The topological polar surface area (TPSA) is 58.2 Å². The van der Waals surface area contributed by atoms with E-state index < -0.39 is 10.0 Å². The third kappa shape index (κ3) is 3.15. The summed E-state index contributed by atoms with van der Waals surface area (Å²) in [4.78, 5) is 0. The Labute approximate surface area is 127 Å². The summed E-state index contributed by atoms with van der Waals surface area (Å²) in [6.07, 6.45) is 1.60. The second-order valence-electron chi connectivity index (χ2n) is 6.96. The van der Waals surface area contributed by atoms with Crippen molar-refractivity contribution < 1.29 is 8.42 Å². The van der Waals surface area contributed by atoms with Gasteiger partial charge in [0.25, 0.3) is 0 Å². The minimum absolute atomic E-state index is 0.0285. The minimum atomic E-state index is -3.23. The normalized spacial score (nSPS) is 31.8. The van der Waals surface area contributed by atoms with Gasteiger partial charge in [-0.2, -0.15) is 0 Å². The molecule has 3 atom stereocenters. The first-order valence-corrected chi connectivity index (χ1v) is 9.21. The average Bonchev–Trinajstić information content (AvgIpc) is 3.23. The lowest BCUT2D eigenvalue weighted by Crippen LogP contribution is -2.54. The molecule has 1 heterocycles. The molecule has 1 aliphatic carbocycles. The van der Waals surface area contributed by atoms with Gasteiger partial charge in [0.15, 0.2) is 0 Å². The largest absolute Gasteiger partial charge is 0.316 e. The molecule has 5 heteroatoms. The van der Waals surface area contributed by atoms with E-state index in [1.807, 2.05) is 30.3 Å². The molecular weight excluding hydrogens is 284 g/mol. The SMILES string of the molecule is CC1(C)CNCCC1NS(=O)(=O)C1CC1c1ccccc1. The van der Waals surface area contributed by atoms with Crippen molar-refractivity contribution in [2.24, 2.45) is 5.41 Å². The summed E-state index contributed by atoms with van der Waals surface area (Å²) in [5.41, 5.74) is 1.10. The fourth-order valence-electron chi connectivity index (χ4n) is 3.24. The highest BCUT2D eigenvalue weighted by molar-refractivity contribution is 7.90. The van der Waals surface area contributed by atoms with Gasteiger partial charge in [-0.25, -0.2) is 13.1 Å². The van der Waals surface area contributed by atoms with Crippen LogP contribution in [0, 0.1) is 5.41 Å². The van der Waals surface area contributed by atoms with Gasteiger partial charge in [-0.3, -0.25) is 0 Å². The summed E-state index contributed by atoms with van der Waals surface area (Å²) in [6, 6.07) is 9.98. The first kappa shape index (κ1) is 15.0. The molecule has 0 bridgehead atoms. The molecule has 1 aromatic carbocycles. The highest BCUT2D eigenvalue weighted by Gasteiger charge is 2.49. The van der Waals surface area contributed by atoms with E-state index in [9.17, 15) is 8.42 Å². The molecule has 1 aliphatic heterocycles. The molecule has 1 saturated heterocycles. The van der Waals surface area contributed by atoms with E-state index in [1.54, 1.807) is 0 Å². The van der Waals surface area contributed by atoms with Crippen molar-refractivity contribution in [2.75, 3.05) is 13.1 Å². The molecule has 2 aliphatic rings. The summed E-state index contributed by atoms with van der Waals surface area (Å²) in [5.74, 6) is 0.161. The zero-order valence-electron chi connectivity index (χ0n) is 12.7. The Kier molecular flexibility index (Phi) is 3.84. The van der Waals surface area contributed by atoms with Gasteiger partial charge in [0, 0.05) is 18.5 Å². The standard InChI is InChI=1S/C16H24N2O2S/c1-16(2)11-17-9-8-15(16)18-21(19,20)14-10-13(14)12-6-4-3-5-7-12/h3-7,13-15,17-18H,8-11H2,1-2H3. The van der Waals surface area contributed by atoms with Crippen molar-refractivity contribution in [3.8, 4) is 0 Å². The van der Waals surface area contributed by atoms with E-state index in [-0.39, 0.29) is 22.6 Å². The highest BCUT2D eigenvalue weighted by Crippen LogP contribution is 2.45. The van der Waals surface area contributed by atoms with E-state index in [0.717, 1.165) is 31.5 Å². The predicted octanol–water partition coefficient (Wildman–Crippen LogP) is 1.85. The lowest BCUT2D eigenvalue weighted by atomic mass is 9.81. The van der Waals surface area contributed by atoms with Crippen LogP contribution in [0.4, 0.5) is 0 Å². The van der Waals surface area contributed by atoms with Crippen molar-refractivity contribution in [1.29, 1.82) is 0 Å². The molecule has 116 valence electrons. The first-order chi connectivity index (χ1) is 9.90. The van der Waals surface area contributed by atoms with Gasteiger partial charge in [0.05, 0.1) is 5.25 Å². The maximum absolute atomic E-state index is 12.6. The number of nitrogens with one attached hydrogen (secondary N) is 2. The number of benzene rings is 1. The molecule has 0 aromatic heterocycles. The van der Waals surface area contributed by atoms with Gasteiger partial charge in [0.1, 0.15) is 0 Å². The summed E-state index contributed by atoms with van der Waals surface area (Å²) in [6.45, 7) is 5.97. The van der Waals surface area contributed by atoms with Crippen molar-refractivity contribution in [2.45, 2.75) is 43.9 Å². The van der Waals surface area contributed by atoms with Crippen molar-refractivity contribution >= 4 is 10.0 Å². The van der Waals surface area contributed by atoms with Gasteiger partial charge in [-0.05, 0) is 30.4 Å². The van der Waals surface area contributed by atoms with Crippen LogP contribution in [0.5, 0.6) is 0 Å². The number of sulfonamides is 1. The van der Waals surface area contributed by atoms with Gasteiger partial charge in [0.2, 0.25) is 10.0 Å². The molecule has 0 radical (unpaired) electrons. The monoisotopic (exact) mass is 308 g/mol. The number of rotatable bonds is 4. The Morgan fingerprint density at radius 2 is 1.95 bits per heavy atom. The number of hydrogen-bond donors (Lipinski definition) is 2. The molecule has 2 fully saturated rings. The van der Waals surface area contributed by atoms with Crippen LogP contribution in [0.3, 0.4) is 0 Å². The minimum Gasteiger partial charge on any atom is -0.316 e. The average molecular weight is 308 g/mol. The molecule has 3 rings (SSSR count). The molecular formula is C16H24N2O2S. The van der Waals surface area contributed by atoms with Crippen molar-refractivity contribution in [1.82, 2.24) is 10.0 Å². The fourth-order valence-corrected chi connectivity index (χ4v) is 5.30. The Morgan fingerprint density at radius 3 is 2.62 bits per heavy atom. The zero-order chi connectivity index (χ0) is 15.1. The van der Waals surface area contributed by atoms with Crippen LogP contribution in [0.2, 0.25) is 0 Å². The summed E-state index contributed by atoms with van der Waals surface area (Å²) >= 11 is 0. The third-order valence-electron chi connectivity index (χ3n) is 4.80. The molecule has 21 heavy (non-hydrogen) atoms. The molecule has 3 unspecified atom stereocenters. The lowest BCUT2D eigenvalue weighted by Gasteiger charge is -2.39. The summed E-state index contributed by atoms with van der Waals surface area (Å²) < 4.78 is 28.2. The van der Waals surface area contributed by atoms with Crippen LogP contribution in [0.1, 0.15) is 38.2 Å². The van der Waals surface area contributed by atoms with E-state index in [0.29, 0.717) is 0 Å². The maximum Gasteiger partial charge on any atom is 0.215 e. The van der Waals surface area contributed by atoms with Crippen molar-refractivity contribution in [3.63, 3.8) is 0 Å². The van der Waals surface area contributed by atoms with Crippen LogP contribution in [-0.2, 0) is 10.0 Å². The zero-order valence-corrected chi connectivity index (χ0v) is 13.5. The molecule has 2 N–H and O–H groups in total. The predicted molar refractivity (Wildman–Crippen MR) is 84.7 cm³/mol. The van der Waals surface area contributed by atoms with Crippen LogP contribution in [0.15, 0.2) is 30.3 Å². The maximum atomic E-state index is 12.6. The van der Waals surface area contributed by atoms with E-state index >= 15 is 0 Å². The smallest absolute Gasteiger partial charge is 0.215 e. The fraction of sp³-hybridized carbons (Fsp3) is 0.625. The number of piperidine rings is 1. The van der Waals surface area contributed by atoms with Crippen LogP contribution >= 0.6 is 0 Å². The highest BCUT2D eigenvalue weighted by atomic mass is 32.2. The molecule has 0 spiro atoms. The van der Waals surface area contributed by atoms with Crippen LogP contribution < -0.4 is 10.0 Å². The quantitative estimate of drug-likeness (QED) is 0.892. The van der Waals surface area contributed by atoms with Crippen LogP contribution in [0.25, 0.3) is 0 Å². The second kappa shape index (κ2) is 5.38. The third-order valence-corrected chi connectivity index (χ3v) is 6.73. The van der Waals surface area contributed by atoms with Gasteiger partial charge in [-0.15, -0.1) is 0 Å². The first-order valence-electron chi connectivity index (χ1n) is 7.67. The Hall–Kier alpha value is -0.910. The van der Waals surface area contributed by atoms with Crippen molar-refractivity contribution in [3.05, 3.63) is 35.9 Å².